The van der Waals surface area contributed by atoms with Crippen molar-refractivity contribution in [3.63, 3.8) is 0 Å². The molecule has 0 fully saturated rings. The van der Waals surface area contributed by atoms with Gasteiger partial charge < -0.3 is 14.2 Å². The highest BCUT2D eigenvalue weighted by Gasteiger charge is 2.17. The minimum atomic E-state index is 0.143. The summed E-state index contributed by atoms with van der Waals surface area (Å²) < 4.78 is 16.4. The van der Waals surface area contributed by atoms with Crippen LogP contribution in [0.4, 0.5) is 0 Å². The van der Waals surface area contributed by atoms with E-state index in [-0.39, 0.29) is 12.9 Å². The van der Waals surface area contributed by atoms with Gasteiger partial charge >= 0.3 is 0 Å². The van der Waals surface area contributed by atoms with E-state index in [4.69, 9.17) is 14.2 Å². The summed E-state index contributed by atoms with van der Waals surface area (Å²) in [6, 6.07) is 3.85. The summed E-state index contributed by atoms with van der Waals surface area (Å²) in [5.74, 6) is 2.38. The van der Waals surface area contributed by atoms with Crippen molar-refractivity contribution in [2.24, 2.45) is 0 Å². The van der Waals surface area contributed by atoms with Crippen LogP contribution in [0.2, 0.25) is 0 Å². The van der Waals surface area contributed by atoms with Gasteiger partial charge in [-0.25, -0.2) is 0 Å². The first-order chi connectivity index (χ1) is 7.70. The average molecular weight is 220 g/mol. The summed E-state index contributed by atoms with van der Waals surface area (Å²) in [5.41, 5.74) is 1.08. The van der Waals surface area contributed by atoms with Gasteiger partial charge in [0.05, 0.1) is 6.10 Å². The molecule has 1 aromatic carbocycles. The Morgan fingerprint density at radius 1 is 1.38 bits per heavy atom. The molecule has 0 spiro atoms. The molecule has 1 aliphatic heterocycles. The second kappa shape index (κ2) is 4.47. The molecule has 3 heteroatoms. The second-order valence-corrected chi connectivity index (χ2v) is 3.97. The van der Waals surface area contributed by atoms with E-state index in [1.165, 1.54) is 0 Å². The first-order valence-corrected chi connectivity index (χ1v) is 5.40. The third-order valence-corrected chi connectivity index (χ3v) is 2.28. The molecule has 0 saturated heterocycles. The highest BCUT2D eigenvalue weighted by atomic mass is 16.7. The summed E-state index contributed by atoms with van der Waals surface area (Å²) in [7, 11) is 0. The van der Waals surface area contributed by atoms with Gasteiger partial charge in [0, 0.05) is 11.6 Å². The van der Waals surface area contributed by atoms with Crippen LogP contribution in [-0.4, -0.2) is 12.9 Å². The van der Waals surface area contributed by atoms with Crippen LogP contribution in [-0.2, 0) is 6.42 Å². The maximum atomic E-state index is 5.74. The molecule has 0 N–H and O–H groups in total. The lowest BCUT2D eigenvalue weighted by molar-refractivity contribution is 0.173. The normalized spacial score (nSPS) is 12.9. The van der Waals surface area contributed by atoms with E-state index in [0.717, 1.165) is 29.2 Å². The fourth-order valence-corrected chi connectivity index (χ4v) is 1.64. The van der Waals surface area contributed by atoms with Gasteiger partial charge in [0.2, 0.25) is 6.79 Å². The molecule has 1 heterocycles. The van der Waals surface area contributed by atoms with E-state index < -0.39 is 0 Å². The van der Waals surface area contributed by atoms with Gasteiger partial charge in [0.1, 0.15) is 5.75 Å². The molecular weight excluding hydrogens is 204 g/mol. The SMILES string of the molecule is C=CCc1cc2c(cc1OC(C)C)OCO2. The summed E-state index contributed by atoms with van der Waals surface area (Å²) in [4.78, 5) is 0. The third kappa shape index (κ3) is 2.13. The minimum Gasteiger partial charge on any atom is -0.491 e. The number of fused-ring (bicyclic) bond motifs is 1. The second-order valence-electron chi connectivity index (χ2n) is 3.97. The maximum absolute atomic E-state index is 5.74. The van der Waals surface area contributed by atoms with Crippen LogP contribution in [0.1, 0.15) is 19.4 Å². The van der Waals surface area contributed by atoms with Crippen LogP contribution < -0.4 is 14.2 Å². The summed E-state index contributed by atoms with van der Waals surface area (Å²) in [5, 5.41) is 0. The number of ether oxygens (including phenoxy) is 3. The number of hydrogen-bond donors (Lipinski definition) is 0. The highest BCUT2D eigenvalue weighted by molar-refractivity contribution is 5.52. The van der Waals surface area contributed by atoms with Crippen molar-refractivity contribution in [2.45, 2.75) is 26.4 Å². The van der Waals surface area contributed by atoms with E-state index in [9.17, 15) is 0 Å². The molecule has 0 aliphatic carbocycles. The largest absolute Gasteiger partial charge is 0.491 e. The molecule has 0 amide bonds. The number of allylic oxidation sites excluding steroid dienone is 1. The van der Waals surface area contributed by atoms with Crippen LogP contribution in [0.15, 0.2) is 24.8 Å². The van der Waals surface area contributed by atoms with Gasteiger partial charge in [-0.15, -0.1) is 6.58 Å². The van der Waals surface area contributed by atoms with Crippen molar-refractivity contribution in [3.05, 3.63) is 30.4 Å². The Hall–Kier alpha value is -1.64. The summed E-state index contributed by atoms with van der Waals surface area (Å²) in [6.07, 6.45) is 2.76. The minimum absolute atomic E-state index is 0.143. The Morgan fingerprint density at radius 3 is 2.69 bits per heavy atom. The van der Waals surface area contributed by atoms with Gasteiger partial charge in [-0.3, -0.25) is 0 Å². The highest BCUT2D eigenvalue weighted by Crippen LogP contribution is 2.38. The predicted molar refractivity (Wildman–Crippen MR) is 62.2 cm³/mol. The lowest BCUT2D eigenvalue weighted by Gasteiger charge is -2.14. The molecule has 0 aromatic heterocycles. The molecule has 1 aliphatic rings. The fourth-order valence-electron chi connectivity index (χ4n) is 1.64. The zero-order chi connectivity index (χ0) is 11.5. The zero-order valence-corrected chi connectivity index (χ0v) is 9.66. The first kappa shape index (κ1) is 10.9. The Balaban J connectivity index is 2.35. The molecule has 0 bridgehead atoms. The molecular formula is C13H16O3. The van der Waals surface area contributed by atoms with Crippen LogP contribution in [0.25, 0.3) is 0 Å². The van der Waals surface area contributed by atoms with Crippen molar-refractivity contribution in [3.8, 4) is 17.2 Å². The lowest BCUT2D eigenvalue weighted by atomic mass is 10.1. The molecule has 0 radical (unpaired) electrons. The van der Waals surface area contributed by atoms with E-state index in [0.29, 0.717) is 0 Å². The van der Waals surface area contributed by atoms with Crippen LogP contribution in [0.3, 0.4) is 0 Å². The molecule has 2 rings (SSSR count). The van der Waals surface area contributed by atoms with Gasteiger partial charge in [-0.1, -0.05) is 6.08 Å². The first-order valence-electron chi connectivity index (χ1n) is 5.40. The topological polar surface area (TPSA) is 27.7 Å². The monoisotopic (exact) mass is 220 g/mol. The zero-order valence-electron chi connectivity index (χ0n) is 9.66. The van der Waals surface area contributed by atoms with E-state index >= 15 is 0 Å². The molecule has 0 atom stereocenters. The number of rotatable bonds is 4. The van der Waals surface area contributed by atoms with E-state index in [1.54, 1.807) is 0 Å². The van der Waals surface area contributed by atoms with Crippen LogP contribution in [0, 0.1) is 0 Å². The fraction of sp³-hybridized carbons (Fsp3) is 0.385. The van der Waals surface area contributed by atoms with E-state index in [2.05, 4.69) is 6.58 Å². The van der Waals surface area contributed by atoms with Crippen LogP contribution in [0.5, 0.6) is 17.2 Å². The third-order valence-electron chi connectivity index (χ3n) is 2.28. The Bertz CT molecular complexity index is 396. The lowest BCUT2D eigenvalue weighted by Crippen LogP contribution is -2.07. The molecule has 86 valence electrons. The summed E-state index contributed by atoms with van der Waals surface area (Å²) in [6.45, 7) is 8.03. The van der Waals surface area contributed by atoms with Crippen molar-refractivity contribution >= 4 is 0 Å². The molecule has 0 saturated carbocycles. The number of hydrogen-bond acceptors (Lipinski definition) is 3. The van der Waals surface area contributed by atoms with Gasteiger partial charge in [-0.2, -0.15) is 0 Å². The molecule has 0 unspecified atom stereocenters. The van der Waals surface area contributed by atoms with E-state index in [1.807, 2.05) is 32.1 Å². The summed E-state index contributed by atoms with van der Waals surface area (Å²) >= 11 is 0. The van der Waals surface area contributed by atoms with Gasteiger partial charge in [0.25, 0.3) is 0 Å². The predicted octanol–water partition coefficient (Wildman–Crippen LogP) is 2.93. The van der Waals surface area contributed by atoms with Gasteiger partial charge in [-0.05, 0) is 26.3 Å². The Kier molecular flexibility index (Phi) is 3.04. The van der Waals surface area contributed by atoms with Crippen LogP contribution >= 0.6 is 0 Å². The van der Waals surface area contributed by atoms with Crippen molar-refractivity contribution in [1.29, 1.82) is 0 Å². The quantitative estimate of drug-likeness (QED) is 0.730. The Morgan fingerprint density at radius 2 is 2.06 bits per heavy atom. The molecule has 1 aromatic rings. The average Bonchev–Trinajstić information content (AvgIpc) is 2.64. The standard InChI is InChI=1S/C13H16O3/c1-4-5-10-6-12-13(15-8-14-12)7-11(10)16-9(2)3/h4,6-7,9H,1,5,8H2,2-3H3. The smallest absolute Gasteiger partial charge is 0.231 e. The molecule has 3 nitrogen and oxygen atoms in total. The van der Waals surface area contributed by atoms with Crippen molar-refractivity contribution in [1.82, 2.24) is 0 Å². The van der Waals surface area contributed by atoms with Crippen molar-refractivity contribution < 1.29 is 14.2 Å². The van der Waals surface area contributed by atoms with Crippen molar-refractivity contribution in [2.75, 3.05) is 6.79 Å². The number of benzene rings is 1. The Labute approximate surface area is 95.6 Å². The maximum Gasteiger partial charge on any atom is 0.231 e. The van der Waals surface area contributed by atoms with Gasteiger partial charge in [0.15, 0.2) is 11.5 Å². The molecule has 16 heavy (non-hydrogen) atoms.